The Hall–Kier alpha value is -4.38. The van der Waals surface area contributed by atoms with Gasteiger partial charge in [-0.05, 0) is 31.5 Å². The third-order valence-electron chi connectivity index (χ3n) is 6.11. The number of fused-ring (bicyclic) bond motifs is 3. The standard InChI is InChI=1S/C25H23N7O4/c1-15-10-21(31-36-15)23-29-28-22-19-4-2-3-5-20(19)25(30-32(22)23)35-14-18-7-6-17(12-26-18)24(33)27-11-16-8-9-34-13-16/h2-7,10,12,16H,8-9,11,13-14H2,1H3,(H,27,33). The molecule has 1 aromatic carbocycles. The Morgan fingerprint density at radius 2 is 2.08 bits per heavy atom. The molecule has 0 spiro atoms. The van der Waals surface area contributed by atoms with Crippen LogP contribution in [0.25, 0.3) is 27.9 Å². The van der Waals surface area contributed by atoms with Gasteiger partial charge in [0.15, 0.2) is 11.3 Å². The molecule has 1 N–H and O–H groups in total. The van der Waals surface area contributed by atoms with Crippen LogP contribution in [-0.2, 0) is 11.3 Å². The maximum atomic E-state index is 12.4. The van der Waals surface area contributed by atoms with Crippen LogP contribution in [0.15, 0.2) is 53.2 Å². The zero-order valence-electron chi connectivity index (χ0n) is 19.5. The van der Waals surface area contributed by atoms with Gasteiger partial charge in [0.05, 0.1) is 17.9 Å². The van der Waals surface area contributed by atoms with Crippen LogP contribution in [0.3, 0.4) is 0 Å². The van der Waals surface area contributed by atoms with Gasteiger partial charge in [0, 0.05) is 42.1 Å². The average Bonchev–Trinajstić information content (AvgIpc) is 3.67. The molecule has 11 heteroatoms. The molecule has 1 atom stereocenters. The van der Waals surface area contributed by atoms with Crippen LogP contribution >= 0.6 is 0 Å². The zero-order chi connectivity index (χ0) is 24.5. The highest BCUT2D eigenvalue weighted by Crippen LogP contribution is 2.29. The molecule has 5 heterocycles. The molecule has 5 aromatic rings. The highest BCUT2D eigenvalue weighted by atomic mass is 16.5. The summed E-state index contributed by atoms with van der Waals surface area (Å²) in [4.78, 5) is 16.8. The maximum absolute atomic E-state index is 12.4. The lowest BCUT2D eigenvalue weighted by Gasteiger charge is -2.11. The summed E-state index contributed by atoms with van der Waals surface area (Å²) in [6.07, 6.45) is 2.52. The topological polar surface area (TPSA) is 130 Å². The molecule has 0 saturated carbocycles. The van der Waals surface area contributed by atoms with Gasteiger partial charge in [-0.25, -0.2) is 0 Å². The van der Waals surface area contributed by atoms with Crippen LogP contribution in [0.5, 0.6) is 5.88 Å². The largest absolute Gasteiger partial charge is 0.470 e. The molecule has 1 aliphatic rings. The Kier molecular flexibility index (Phi) is 5.74. The number of carbonyl (C=O) groups is 1. The van der Waals surface area contributed by atoms with Crippen molar-refractivity contribution in [1.82, 2.24) is 35.3 Å². The van der Waals surface area contributed by atoms with E-state index in [9.17, 15) is 4.79 Å². The lowest BCUT2D eigenvalue weighted by Crippen LogP contribution is -2.29. The summed E-state index contributed by atoms with van der Waals surface area (Å²) in [5.74, 6) is 1.74. The Morgan fingerprint density at radius 3 is 2.83 bits per heavy atom. The van der Waals surface area contributed by atoms with Crippen molar-refractivity contribution in [3.8, 4) is 17.4 Å². The van der Waals surface area contributed by atoms with Crippen molar-refractivity contribution < 1.29 is 18.8 Å². The van der Waals surface area contributed by atoms with Gasteiger partial charge in [-0.2, -0.15) is 4.52 Å². The third kappa shape index (κ3) is 4.24. The number of pyridine rings is 1. The first kappa shape index (κ1) is 22.1. The Morgan fingerprint density at radius 1 is 1.19 bits per heavy atom. The first-order valence-corrected chi connectivity index (χ1v) is 11.7. The minimum absolute atomic E-state index is 0.150. The van der Waals surface area contributed by atoms with E-state index < -0.39 is 0 Å². The average molecular weight is 486 g/mol. The fourth-order valence-corrected chi connectivity index (χ4v) is 4.16. The van der Waals surface area contributed by atoms with Gasteiger partial charge in [0.2, 0.25) is 11.7 Å². The van der Waals surface area contributed by atoms with Gasteiger partial charge in [-0.1, -0.05) is 23.4 Å². The first-order chi connectivity index (χ1) is 17.7. The summed E-state index contributed by atoms with van der Waals surface area (Å²) in [6, 6.07) is 13.0. The molecule has 0 radical (unpaired) electrons. The van der Waals surface area contributed by atoms with Crippen LogP contribution in [0.2, 0.25) is 0 Å². The summed E-state index contributed by atoms with van der Waals surface area (Å²) in [5, 5.41) is 21.9. The first-order valence-electron chi connectivity index (χ1n) is 11.7. The third-order valence-corrected chi connectivity index (χ3v) is 6.11. The van der Waals surface area contributed by atoms with E-state index in [4.69, 9.17) is 14.0 Å². The number of ether oxygens (including phenoxy) is 2. The van der Waals surface area contributed by atoms with E-state index in [0.717, 1.165) is 23.8 Å². The number of nitrogens with zero attached hydrogens (tertiary/aromatic N) is 6. The SMILES string of the molecule is Cc1cc(-c2nnc3c4ccccc4c(OCc4ccc(C(=O)NCC5CCOC5)cn4)nn23)no1. The van der Waals surface area contributed by atoms with Crippen molar-refractivity contribution in [2.75, 3.05) is 19.8 Å². The van der Waals surface area contributed by atoms with Crippen molar-refractivity contribution >= 4 is 22.3 Å². The molecular formula is C25H23N7O4. The molecule has 182 valence electrons. The van der Waals surface area contributed by atoms with E-state index in [0.29, 0.717) is 59.1 Å². The van der Waals surface area contributed by atoms with Crippen molar-refractivity contribution in [3.05, 3.63) is 65.7 Å². The van der Waals surface area contributed by atoms with E-state index in [-0.39, 0.29) is 12.5 Å². The predicted octanol–water partition coefficient (Wildman–Crippen LogP) is 2.98. The fraction of sp³-hybridized carbons (Fsp3) is 0.280. The molecule has 1 saturated heterocycles. The number of rotatable bonds is 7. The van der Waals surface area contributed by atoms with E-state index in [2.05, 4.69) is 30.8 Å². The molecule has 1 fully saturated rings. The van der Waals surface area contributed by atoms with Crippen LogP contribution in [0, 0.1) is 12.8 Å². The molecular weight excluding hydrogens is 462 g/mol. The van der Waals surface area contributed by atoms with E-state index in [1.165, 1.54) is 0 Å². The predicted molar refractivity (Wildman–Crippen MR) is 128 cm³/mol. The monoisotopic (exact) mass is 485 g/mol. The molecule has 6 rings (SSSR count). The Bertz CT molecular complexity index is 1540. The lowest BCUT2D eigenvalue weighted by atomic mass is 10.1. The Labute approximate surface area is 205 Å². The number of amides is 1. The molecule has 0 aliphatic carbocycles. The van der Waals surface area contributed by atoms with E-state index in [1.54, 1.807) is 28.9 Å². The van der Waals surface area contributed by atoms with Gasteiger partial charge >= 0.3 is 0 Å². The highest BCUT2D eigenvalue weighted by Gasteiger charge is 2.19. The normalized spacial score (nSPS) is 15.5. The molecule has 4 aromatic heterocycles. The second kappa shape index (κ2) is 9.34. The summed E-state index contributed by atoms with van der Waals surface area (Å²) < 4.78 is 18.2. The quantitative estimate of drug-likeness (QED) is 0.370. The highest BCUT2D eigenvalue weighted by molar-refractivity contribution is 5.97. The summed E-state index contributed by atoms with van der Waals surface area (Å²) in [7, 11) is 0. The molecule has 36 heavy (non-hydrogen) atoms. The van der Waals surface area contributed by atoms with Gasteiger partial charge in [0.25, 0.3) is 5.91 Å². The van der Waals surface area contributed by atoms with Gasteiger partial charge in [-0.3, -0.25) is 9.78 Å². The van der Waals surface area contributed by atoms with Crippen molar-refractivity contribution in [3.63, 3.8) is 0 Å². The Balaban J connectivity index is 1.22. The lowest BCUT2D eigenvalue weighted by molar-refractivity contribution is 0.0944. The maximum Gasteiger partial charge on any atom is 0.252 e. The minimum Gasteiger partial charge on any atom is -0.470 e. The van der Waals surface area contributed by atoms with Crippen molar-refractivity contribution in [2.24, 2.45) is 5.92 Å². The number of benzene rings is 1. The molecule has 11 nitrogen and oxygen atoms in total. The zero-order valence-corrected chi connectivity index (χ0v) is 19.5. The second-order valence-corrected chi connectivity index (χ2v) is 8.70. The number of aryl methyl sites for hydroxylation is 1. The smallest absolute Gasteiger partial charge is 0.252 e. The number of nitrogens with one attached hydrogen (secondary N) is 1. The van der Waals surface area contributed by atoms with Crippen LogP contribution < -0.4 is 10.1 Å². The van der Waals surface area contributed by atoms with Gasteiger partial charge < -0.3 is 19.3 Å². The summed E-state index contributed by atoms with van der Waals surface area (Å²) in [6.45, 7) is 4.03. The number of carbonyl (C=O) groups excluding carboxylic acids is 1. The van der Waals surface area contributed by atoms with Gasteiger partial charge in [-0.15, -0.1) is 15.3 Å². The molecule has 1 aliphatic heterocycles. The van der Waals surface area contributed by atoms with E-state index >= 15 is 0 Å². The van der Waals surface area contributed by atoms with E-state index in [1.807, 2.05) is 31.2 Å². The molecule has 1 amide bonds. The summed E-state index contributed by atoms with van der Waals surface area (Å²) >= 11 is 0. The molecule has 1 unspecified atom stereocenters. The molecule has 0 bridgehead atoms. The van der Waals surface area contributed by atoms with Crippen molar-refractivity contribution in [1.29, 1.82) is 0 Å². The number of hydrogen-bond acceptors (Lipinski definition) is 9. The van der Waals surface area contributed by atoms with Crippen molar-refractivity contribution in [2.45, 2.75) is 20.0 Å². The second-order valence-electron chi connectivity index (χ2n) is 8.70. The summed E-state index contributed by atoms with van der Waals surface area (Å²) in [5.41, 5.74) is 2.29. The number of hydrogen-bond donors (Lipinski definition) is 1. The van der Waals surface area contributed by atoms with Gasteiger partial charge in [0.1, 0.15) is 12.4 Å². The van der Waals surface area contributed by atoms with Crippen LogP contribution in [0.4, 0.5) is 0 Å². The fourth-order valence-electron chi connectivity index (χ4n) is 4.16. The minimum atomic E-state index is -0.150. The number of aromatic nitrogens is 6. The van der Waals surface area contributed by atoms with Crippen LogP contribution in [0.1, 0.15) is 28.2 Å². The van der Waals surface area contributed by atoms with Crippen LogP contribution in [-0.4, -0.2) is 55.6 Å².